The SMILES string of the molecule is CCCCN1C(=O)C(CC2CCCCC2)NC(=O)C12CCN(C(C(C)=O)c1c[nH]c3ccccc13)CC2. The molecule has 3 heterocycles. The van der Waals surface area contributed by atoms with Crippen LogP contribution in [0.25, 0.3) is 10.9 Å². The Morgan fingerprint density at radius 1 is 1.11 bits per heavy atom. The van der Waals surface area contributed by atoms with Gasteiger partial charge in [-0.1, -0.05) is 63.6 Å². The van der Waals surface area contributed by atoms with Gasteiger partial charge in [-0.05, 0) is 44.6 Å². The predicted octanol–water partition coefficient (Wildman–Crippen LogP) is 4.73. The van der Waals surface area contributed by atoms with Gasteiger partial charge in [-0.3, -0.25) is 19.3 Å². The molecule has 0 bridgehead atoms. The summed E-state index contributed by atoms with van der Waals surface area (Å²) in [7, 11) is 0. The first kappa shape index (κ1) is 26.0. The van der Waals surface area contributed by atoms with Gasteiger partial charge in [-0.25, -0.2) is 0 Å². The molecule has 7 heteroatoms. The monoisotopic (exact) mass is 506 g/mol. The molecule has 3 fully saturated rings. The van der Waals surface area contributed by atoms with Crippen molar-refractivity contribution in [1.82, 2.24) is 20.1 Å². The number of piperazine rings is 1. The molecule has 5 rings (SSSR count). The third-order valence-electron chi connectivity index (χ3n) is 9.13. The van der Waals surface area contributed by atoms with Gasteiger partial charge in [0.2, 0.25) is 11.8 Å². The summed E-state index contributed by atoms with van der Waals surface area (Å²) >= 11 is 0. The number of para-hydroxylation sites is 1. The van der Waals surface area contributed by atoms with Crippen LogP contribution in [0.2, 0.25) is 0 Å². The molecule has 2 unspecified atom stereocenters. The average Bonchev–Trinajstić information content (AvgIpc) is 3.32. The van der Waals surface area contributed by atoms with E-state index in [1.807, 2.05) is 29.3 Å². The number of benzene rings is 1. The number of H-pyrrole nitrogens is 1. The molecule has 3 aliphatic rings. The summed E-state index contributed by atoms with van der Waals surface area (Å²) in [6, 6.07) is 7.30. The minimum absolute atomic E-state index is 0.00938. The number of piperidine rings is 1. The van der Waals surface area contributed by atoms with Gasteiger partial charge in [-0.2, -0.15) is 0 Å². The van der Waals surface area contributed by atoms with E-state index in [1.54, 1.807) is 6.92 Å². The molecule has 0 radical (unpaired) electrons. The number of Topliss-reactive ketones (excluding diaryl/α,β-unsaturated/α-hetero) is 1. The smallest absolute Gasteiger partial charge is 0.246 e. The van der Waals surface area contributed by atoms with E-state index >= 15 is 0 Å². The van der Waals surface area contributed by atoms with E-state index in [4.69, 9.17) is 0 Å². The van der Waals surface area contributed by atoms with Crippen LogP contribution in [-0.2, 0) is 14.4 Å². The van der Waals surface area contributed by atoms with Gasteiger partial charge in [-0.15, -0.1) is 0 Å². The normalized spacial score (nSPS) is 23.9. The van der Waals surface area contributed by atoms with Crippen LogP contribution < -0.4 is 5.32 Å². The predicted molar refractivity (Wildman–Crippen MR) is 145 cm³/mol. The second kappa shape index (κ2) is 11.0. The van der Waals surface area contributed by atoms with Gasteiger partial charge < -0.3 is 15.2 Å². The number of aromatic nitrogens is 1. The van der Waals surface area contributed by atoms with Gasteiger partial charge in [0, 0.05) is 42.3 Å². The first-order valence-corrected chi connectivity index (χ1v) is 14.4. The molecule has 2 amide bonds. The molecule has 2 saturated heterocycles. The van der Waals surface area contributed by atoms with Crippen LogP contribution in [0.3, 0.4) is 0 Å². The molecule has 1 spiro atoms. The quantitative estimate of drug-likeness (QED) is 0.542. The second-order valence-corrected chi connectivity index (χ2v) is 11.5. The lowest BCUT2D eigenvalue weighted by Crippen LogP contribution is -2.73. The van der Waals surface area contributed by atoms with Crippen LogP contribution in [0, 0.1) is 5.92 Å². The lowest BCUT2D eigenvalue weighted by atomic mass is 9.78. The Balaban J connectivity index is 1.35. The number of hydrogen-bond donors (Lipinski definition) is 2. The minimum atomic E-state index is -0.812. The van der Waals surface area contributed by atoms with Crippen molar-refractivity contribution in [3.63, 3.8) is 0 Å². The Morgan fingerprint density at radius 2 is 1.84 bits per heavy atom. The highest BCUT2D eigenvalue weighted by Crippen LogP contribution is 2.39. The largest absolute Gasteiger partial charge is 0.361 e. The molecule has 2 aliphatic heterocycles. The van der Waals surface area contributed by atoms with Crippen LogP contribution in [-0.4, -0.2) is 63.6 Å². The molecule has 2 N–H and O–H groups in total. The highest BCUT2D eigenvalue weighted by atomic mass is 16.2. The maximum absolute atomic E-state index is 13.8. The van der Waals surface area contributed by atoms with Crippen LogP contribution >= 0.6 is 0 Å². The second-order valence-electron chi connectivity index (χ2n) is 11.5. The number of carbonyl (C=O) groups excluding carboxylic acids is 3. The highest BCUT2D eigenvalue weighted by molar-refractivity contribution is 6.00. The molecule has 1 saturated carbocycles. The zero-order chi connectivity index (χ0) is 26.0. The lowest BCUT2D eigenvalue weighted by Gasteiger charge is -2.52. The number of amides is 2. The molecule has 2 aromatic rings. The van der Waals surface area contributed by atoms with E-state index in [0.29, 0.717) is 38.4 Å². The molecule has 1 aromatic heterocycles. The summed E-state index contributed by atoms with van der Waals surface area (Å²) in [6.45, 7) is 5.60. The number of rotatable bonds is 8. The Kier molecular flexibility index (Phi) is 7.70. The van der Waals surface area contributed by atoms with Crippen molar-refractivity contribution in [3.05, 3.63) is 36.0 Å². The van der Waals surface area contributed by atoms with Crippen molar-refractivity contribution in [3.8, 4) is 0 Å². The topological polar surface area (TPSA) is 85.5 Å². The van der Waals surface area contributed by atoms with Crippen molar-refractivity contribution in [1.29, 1.82) is 0 Å². The van der Waals surface area contributed by atoms with E-state index in [2.05, 4.69) is 28.2 Å². The molecule has 1 aromatic carbocycles. The number of likely N-dealkylation sites (tertiary alicyclic amines) is 1. The number of ketones is 1. The number of aromatic amines is 1. The third kappa shape index (κ3) is 4.95. The third-order valence-corrected chi connectivity index (χ3v) is 9.13. The summed E-state index contributed by atoms with van der Waals surface area (Å²) in [4.78, 5) is 47.9. The summed E-state index contributed by atoms with van der Waals surface area (Å²) in [5.74, 6) is 0.738. The summed E-state index contributed by atoms with van der Waals surface area (Å²) in [5, 5.41) is 4.24. The van der Waals surface area contributed by atoms with Gasteiger partial charge in [0.15, 0.2) is 5.78 Å². The summed E-state index contributed by atoms with van der Waals surface area (Å²) in [5.41, 5.74) is 1.19. The zero-order valence-corrected chi connectivity index (χ0v) is 22.4. The van der Waals surface area contributed by atoms with Gasteiger partial charge in [0.1, 0.15) is 11.6 Å². The average molecular weight is 507 g/mol. The Labute approximate surface area is 220 Å². The molecule has 1 aliphatic carbocycles. The van der Waals surface area contributed by atoms with Crippen molar-refractivity contribution < 1.29 is 14.4 Å². The summed E-state index contributed by atoms with van der Waals surface area (Å²) < 4.78 is 0. The van der Waals surface area contributed by atoms with Crippen LogP contribution in [0.15, 0.2) is 30.5 Å². The van der Waals surface area contributed by atoms with E-state index in [-0.39, 0.29) is 23.6 Å². The number of fused-ring (bicyclic) bond motifs is 1. The fraction of sp³-hybridized carbons (Fsp3) is 0.633. The Morgan fingerprint density at radius 3 is 2.54 bits per heavy atom. The van der Waals surface area contributed by atoms with E-state index in [0.717, 1.165) is 48.6 Å². The van der Waals surface area contributed by atoms with E-state index in [1.165, 1.54) is 19.3 Å². The first-order valence-electron chi connectivity index (χ1n) is 14.4. The molecule has 200 valence electrons. The maximum Gasteiger partial charge on any atom is 0.246 e. The fourth-order valence-electron chi connectivity index (χ4n) is 7.07. The lowest BCUT2D eigenvalue weighted by molar-refractivity contribution is -0.162. The maximum atomic E-state index is 13.8. The van der Waals surface area contributed by atoms with Crippen molar-refractivity contribution >= 4 is 28.5 Å². The fourth-order valence-corrected chi connectivity index (χ4v) is 7.07. The molecule has 2 atom stereocenters. The van der Waals surface area contributed by atoms with Gasteiger partial charge in [0.05, 0.1) is 6.04 Å². The minimum Gasteiger partial charge on any atom is -0.361 e. The van der Waals surface area contributed by atoms with Crippen LogP contribution in [0.5, 0.6) is 0 Å². The highest BCUT2D eigenvalue weighted by Gasteiger charge is 2.54. The Hall–Kier alpha value is -2.67. The number of nitrogens with one attached hydrogen (secondary N) is 2. The number of hydrogen-bond acceptors (Lipinski definition) is 4. The van der Waals surface area contributed by atoms with Crippen molar-refractivity contribution in [2.45, 2.75) is 95.7 Å². The van der Waals surface area contributed by atoms with Crippen LogP contribution in [0.4, 0.5) is 0 Å². The standard InChI is InChI=1S/C30H42N4O3/c1-3-4-16-34-28(36)26(19-22-10-6-5-7-11-22)32-29(37)30(34)14-17-33(18-15-30)27(21(2)35)24-20-31-25-13-9-8-12-23(24)25/h8-9,12-13,20,22,26-27,31H,3-7,10-11,14-19H2,1-2H3,(H,32,37). The van der Waals surface area contributed by atoms with Crippen LogP contribution in [0.1, 0.15) is 89.7 Å². The van der Waals surface area contributed by atoms with Gasteiger partial charge in [0.25, 0.3) is 0 Å². The molecular formula is C30H42N4O3. The number of unbranched alkanes of at least 4 members (excludes halogenated alkanes) is 1. The molecule has 37 heavy (non-hydrogen) atoms. The number of nitrogens with zero attached hydrogens (tertiary/aromatic N) is 2. The molecular weight excluding hydrogens is 464 g/mol. The van der Waals surface area contributed by atoms with Gasteiger partial charge >= 0.3 is 0 Å². The summed E-state index contributed by atoms with van der Waals surface area (Å²) in [6.07, 6.45) is 11.8. The van der Waals surface area contributed by atoms with E-state index in [9.17, 15) is 14.4 Å². The molecule has 7 nitrogen and oxygen atoms in total. The van der Waals surface area contributed by atoms with Crippen molar-refractivity contribution in [2.75, 3.05) is 19.6 Å². The van der Waals surface area contributed by atoms with E-state index < -0.39 is 11.6 Å². The zero-order valence-electron chi connectivity index (χ0n) is 22.4. The van der Waals surface area contributed by atoms with Crippen molar-refractivity contribution in [2.24, 2.45) is 5.92 Å². The first-order chi connectivity index (χ1) is 17.9. The number of carbonyl (C=O) groups is 3. The Bertz CT molecular complexity index is 1130.